The monoisotopic (exact) mass is 361 g/mol. The number of nitrogens with one attached hydrogen (secondary N) is 2. The van der Waals surface area contributed by atoms with Crippen LogP contribution in [0.25, 0.3) is 5.69 Å². The average Bonchev–Trinajstić information content (AvgIpc) is 3.26. The molecule has 3 rings (SSSR count). The molecule has 1 unspecified atom stereocenters. The Morgan fingerprint density at radius 3 is 3.00 bits per heavy atom. The lowest BCUT2D eigenvalue weighted by atomic mass is 10.2. The van der Waals surface area contributed by atoms with Gasteiger partial charge in [0.15, 0.2) is 0 Å². The topological polar surface area (TPSA) is 71.8 Å². The maximum Gasteiger partial charge on any atom is 0.238 e. The Kier molecular flexibility index (Phi) is 5.24. The number of carbonyl (C=O) groups excluding carboxylic acids is 1. The van der Waals surface area contributed by atoms with E-state index in [1.165, 1.54) is 11.2 Å². The number of carbonyl (C=O) groups is 1. The van der Waals surface area contributed by atoms with Crippen molar-refractivity contribution >= 4 is 34.5 Å². The van der Waals surface area contributed by atoms with Gasteiger partial charge in [0.2, 0.25) is 5.91 Å². The highest BCUT2D eigenvalue weighted by Crippen LogP contribution is 2.24. The number of thiophene rings is 1. The van der Waals surface area contributed by atoms with Crippen LogP contribution in [-0.2, 0) is 4.79 Å². The van der Waals surface area contributed by atoms with E-state index in [9.17, 15) is 4.79 Å². The second kappa shape index (κ2) is 7.57. The van der Waals surface area contributed by atoms with E-state index in [0.717, 1.165) is 0 Å². The predicted molar refractivity (Wildman–Crippen MR) is 95.7 cm³/mol. The molecule has 3 aromatic rings. The van der Waals surface area contributed by atoms with E-state index in [1.807, 2.05) is 24.4 Å². The first kappa shape index (κ1) is 16.6. The fourth-order valence-corrected chi connectivity index (χ4v) is 3.15. The Morgan fingerprint density at radius 2 is 2.29 bits per heavy atom. The molecule has 0 aliphatic heterocycles. The fraction of sp³-hybridized carbons (Fsp3) is 0.188. The fourth-order valence-electron chi connectivity index (χ4n) is 2.22. The Balaban J connectivity index is 1.67. The summed E-state index contributed by atoms with van der Waals surface area (Å²) >= 11 is 7.71. The average molecular weight is 362 g/mol. The smallest absolute Gasteiger partial charge is 0.238 e. The molecule has 2 aromatic heterocycles. The third kappa shape index (κ3) is 4.00. The van der Waals surface area contributed by atoms with Crippen LogP contribution in [0.15, 0.2) is 48.4 Å². The minimum Gasteiger partial charge on any atom is -0.323 e. The Labute approximate surface area is 148 Å². The van der Waals surface area contributed by atoms with Crippen LogP contribution in [0.1, 0.15) is 17.8 Å². The van der Waals surface area contributed by atoms with Gasteiger partial charge in [0, 0.05) is 15.9 Å². The van der Waals surface area contributed by atoms with Crippen molar-refractivity contribution in [3.05, 3.63) is 58.3 Å². The van der Waals surface area contributed by atoms with Gasteiger partial charge in [-0.1, -0.05) is 17.7 Å². The summed E-state index contributed by atoms with van der Waals surface area (Å²) in [6.45, 7) is 2.22. The standard InChI is InChI=1S/C16H16ClN5OS/c1-11(15-3-2-6-24-15)19-8-16(23)21-13-7-12(17)4-5-14(13)22-10-18-9-20-22/h2-7,9-11,19H,8H2,1H3,(H,21,23). The molecular formula is C16H16ClN5OS. The van der Waals surface area contributed by atoms with Gasteiger partial charge in [-0.15, -0.1) is 11.3 Å². The number of rotatable bonds is 6. The van der Waals surface area contributed by atoms with Crippen molar-refractivity contribution in [2.75, 3.05) is 11.9 Å². The number of hydrogen-bond acceptors (Lipinski definition) is 5. The molecule has 0 bridgehead atoms. The Morgan fingerprint density at radius 1 is 1.42 bits per heavy atom. The summed E-state index contributed by atoms with van der Waals surface area (Å²) < 4.78 is 1.58. The molecule has 24 heavy (non-hydrogen) atoms. The summed E-state index contributed by atoms with van der Waals surface area (Å²) in [6.07, 6.45) is 3.00. The molecular weight excluding hydrogens is 346 g/mol. The molecule has 2 N–H and O–H groups in total. The molecule has 0 spiro atoms. The number of hydrogen-bond donors (Lipinski definition) is 2. The quantitative estimate of drug-likeness (QED) is 0.706. The predicted octanol–water partition coefficient (Wildman–Crippen LogP) is 3.27. The third-order valence-corrected chi connectivity index (χ3v) is 4.73. The molecule has 0 fully saturated rings. The van der Waals surface area contributed by atoms with Crippen LogP contribution in [0.5, 0.6) is 0 Å². The van der Waals surface area contributed by atoms with E-state index in [0.29, 0.717) is 16.4 Å². The largest absolute Gasteiger partial charge is 0.323 e. The number of aromatic nitrogens is 3. The van der Waals surface area contributed by atoms with Gasteiger partial charge >= 0.3 is 0 Å². The summed E-state index contributed by atoms with van der Waals surface area (Å²) in [5, 5.41) is 12.7. The highest BCUT2D eigenvalue weighted by molar-refractivity contribution is 7.10. The second-order valence-electron chi connectivity index (χ2n) is 5.17. The highest BCUT2D eigenvalue weighted by Gasteiger charge is 2.12. The van der Waals surface area contributed by atoms with Crippen LogP contribution >= 0.6 is 22.9 Å². The zero-order chi connectivity index (χ0) is 16.9. The van der Waals surface area contributed by atoms with E-state index >= 15 is 0 Å². The first-order valence-electron chi connectivity index (χ1n) is 7.34. The van der Waals surface area contributed by atoms with Crippen molar-refractivity contribution < 1.29 is 4.79 Å². The van der Waals surface area contributed by atoms with Crippen molar-refractivity contribution in [3.8, 4) is 5.69 Å². The lowest BCUT2D eigenvalue weighted by Gasteiger charge is -2.14. The molecule has 0 aliphatic carbocycles. The highest BCUT2D eigenvalue weighted by atomic mass is 35.5. The van der Waals surface area contributed by atoms with Crippen LogP contribution in [-0.4, -0.2) is 27.2 Å². The molecule has 0 saturated heterocycles. The van der Waals surface area contributed by atoms with Crippen molar-refractivity contribution in [1.82, 2.24) is 20.1 Å². The number of halogens is 1. The van der Waals surface area contributed by atoms with E-state index in [-0.39, 0.29) is 18.5 Å². The van der Waals surface area contributed by atoms with E-state index in [1.54, 1.807) is 40.5 Å². The van der Waals surface area contributed by atoms with E-state index in [2.05, 4.69) is 20.7 Å². The zero-order valence-electron chi connectivity index (χ0n) is 12.9. The third-order valence-electron chi connectivity index (χ3n) is 3.44. The number of nitrogens with zero attached hydrogens (tertiary/aromatic N) is 3. The molecule has 0 aliphatic rings. The van der Waals surface area contributed by atoms with Crippen LogP contribution in [0.3, 0.4) is 0 Å². The van der Waals surface area contributed by atoms with Gasteiger partial charge in [0.05, 0.1) is 17.9 Å². The van der Waals surface area contributed by atoms with Crippen LogP contribution in [0, 0.1) is 0 Å². The Bertz CT molecular complexity index is 804. The summed E-state index contributed by atoms with van der Waals surface area (Å²) in [7, 11) is 0. The molecule has 2 heterocycles. The minimum atomic E-state index is -0.151. The van der Waals surface area contributed by atoms with Crippen LogP contribution < -0.4 is 10.6 Å². The van der Waals surface area contributed by atoms with E-state index in [4.69, 9.17) is 11.6 Å². The van der Waals surface area contributed by atoms with Gasteiger partial charge in [-0.3, -0.25) is 4.79 Å². The molecule has 1 aromatic carbocycles. The van der Waals surface area contributed by atoms with Crippen LogP contribution in [0.4, 0.5) is 5.69 Å². The van der Waals surface area contributed by atoms with Gasteiger partial charge in [0.25, 0.3) is 0 Å². The lowest BCUT2D eigenvalue weighted by molar-refractivity contribution is -0.115. The van der Waals surface area contributed by atoms with Gasteiger partial charge in [-0.25, -0.2) is 9.67 Å². The summed E-state index contributed by atoms with van der Waals surface area (Å²) in [5.41, 5.74) is 1.29. The van der Waals surface area contributed by atoms with Crippen molar-refractivity contribution in [2.24, 2.45) is 0 Å². The first-order chi connectivity index (χ1) is 11.6. The summed E-state index contributed by atoms with van der Waals surface area (Å²) in [4.78, 5) is 17.4. The summed E-state index contributed by atoms with van der Waals surface area (Å²) in [6, 6.07) is 9.37. The van der Waals surface area contributed by atoms with Crippen LogP contribution in [0.2, 0.25) is 5.02 Å². The van der Waals surface area contributed by atoms with Gasteiger partial charge in [0.1, 0.15) is 12.7 Å². The minimum absolute atomic E-state index is 0.116. The molecule has 0 radical (unpaired) electrons. The van der Waals surface area contributed by atoms with Crippen molar-refractivity contribution in [1.29, 1.82) is 0 Å². The maximum atomic E-state index is 12.3. The second-order valence-corrected chi connectivity index (χ2v) is 6.58. The van der Waals surface area contributed by atoms with Gasteiger partial charge in [-0.2, -0.15) is 5.10 Å². The molecule has 0 saturated carbocycles. The molecule has 6 nitrogen and oxygen atoms in total. The normalized spacial score (nSPS) is 12.1. The van der Waals surface area contributed by atoms with Crippen molar-refractivity contribution in [2.45, 2.75) is 13.0 Å². The molecule has 8 heteroatoms. The molecule has 124 valence electrons. The first-order valence-corrected chi connectivity index (χ1v) is 8.60. The van der Waals surface area contributed by atoms with E-state index < -0.39 is 0 Å². The Hall–Kier alpha value is -2.22. The summed E-state index contributed by atoms with van der Waals surface area (Å²) in [5.74, 6) is -0.151. The lowest BCUT2D eigenvalue weighted by Crippen LogP contribution is -2.30. The molecule has 1 atom stereocenters. The maximum absolute atomic E-state index is 12.3. The number of anilines is 1. The van der Waals surface area contributed by atoms with Gasteiger partial charge in [-0.05, 0) is 36.6 Å². The van der Waals surface area contributed by atoms with Gasteiger partial charge < -0.3 is 10.6 Å². The molecule has 1 amide bonds. The zero-order valence-corrected chi connectivity index (χ0v) is 14.5. The number of amides is 1. The van der Waals surface area contributed by atoms with Crippen molar-refractivity contribution in [3.63, 3.8) is 0 Å². The number of benzene rings is 1. The SMILES string of the molecule is CC(NCC(=O)Nc1cc(Cl)ccc1-n1cncn1)c1cccs1.